The van der Waals surface area contributed by atoms with Gasteiger partial charge >= 0.3 is 0 Å². The summed E-state index contributed by atoms with van der Waals surface area (Å²) in [5, 5.41) is 0.591. The first kappa shape index (κ1) is 20.2. The van der Waals surface area contributed by atoms with Crippen molar-refractivity contribution in [1.82, 2.24) is 9.29 Å². The molecular weight excluding hydrogens is 386 g/mol. The number of amides is 1. The van der Waals surface area contributed by atoms with Crippen LogP contribution in [0, 0.1) is 0 Å². The van der Waals surface area contributed by atoms with Gasteiger partial charge in [-0.1, -0.05) is 30.4 Å². The van der Waals surface area contributed by atoms with E-state index in [0.717, 1.165) is 45.6 Å². The highest BCUT2D eigenvalue weighted by molar-refractivity contribution is 7.88. The molecule has 3 rings (SSSR count). The Kier molecular flexibility index (Phi) is 6.15. The first-order valence-corrected chi connectivity index (χ1v) is 11.7. The summed E-state index contributed by atoms with van der Waals surface area (Å²) >= 11 is 1.45. The van der Waals surface area contributed by atoms with Gasteiger partial charge in [-0.15, -0.1) is 0 Å². The lowest BCUT2D eigenvalue weighted by Gasteiger charge is -2.25. The zero-order chi connectivity index (χ0) is 19.6. The molecule has 148 valence electrons. The molecule has 1 atom stereocenters. The van der Waals surface area contributed by atoms with Gasteiger partial charge in [-0.05, 0) is 30.9 Å². The summed E-state index contributed by atoms with van der Waals surface area (Å²) in [6.07, 6.45) is 3.76. The van der Waals surface area contributed by atoms with Crippen LogP contribution in [0.4, 0.5) is 5.13 Å². The van der Waals surface area contributed by atoms with Crippen molar-refractivity contribution in [3.05, 3.63) is 23.8 Å². The minimum Gasteiger partial charge on any atom is -0.376 e. The Hall–Kier alpha value is -1.55. The maximum absolute atomic E-state index is 13.0. The molecule has 0 spiro atoms. The fourth-order valence-electron chi connectivity index (χ4n) is 3.07. The molecule has 1 saturated heterocycles. The lowest BCUT2D eigenvalue weighted by atomic mass is 10.1. The minimum absolute atomic E-state index is 0.0462. The molecule has 0 N–H and O–H groups in total. The van der Waals surface area contributed by atoms with Crippen molar-refractivity contribution in [1.29, 1.82) is 0 Å². The van der Waals surface area contributed by atoms with E-state index < -0.39 is 10.0 Å². The fraction of sp³-hybridized carbons (Fsp3) is 0.556. The van der Waals surface area contributed by atoms with Crippen molar-refractivity contribution in [3.8, 4) is 0 Å². The van der Waals surface area contributed by atoms with E-state index in [-0.39, 0.29) is 18.6 Å². The van der Waals surface area contributed by atoms with Crippen molar-refractivity contribution in [2.75, 3.05) is 37.9 Å². The molecule has 1 amide bonds. The van der Waals surface area contributed by atoms with Gasteiger partial charge in [0.05, 0.1) is 35.7 Å². The number of hydrogen-bond acceptors (Lipinski definition) is 6. The summed E-state index contributed by atoms with van der Waals surface area (Å²) in [4.78, 5) is 19.3. The van der Waals surface area contributed by atoms with Crippen molar-refractivity contribution >= 4 is 42.6 Å². The van der Waals surface area contributed by atoms with E-state index in [1.807, 2.05) is 18.2 Å². The normalized spacial score (nSPS) is 17.7. The molecule has 0 saturated carbocycles. The highest BCUT2D eigenvalue weighted by atomic mass is 32.2. The highest BCUT2D eigenvalue weighted by Gasteiger charge is 2.28. The van der Waals surface area contributed by atoms with E-state index >= 15 is 0 Å². The van der Waals surface area contributed by atoms with E-state index in [4.69, 9.17) is 9.72 Å². The summed E-state index contributed by atoms with van der Waals surface area (Å²) in [6.45, 7) is 2.93. The Bertz CT molecular complexity index is 920. The van der Waals surface area contributed by atoms with Gasteiger partial charge in [-0.2, -0.15) is 4.31 Å². The molecule has 2 aromatic rings. The Balaban J connectivity index is 1.92. The number of hydrogen-bond donors (Lipinski definition) is 0. The van der Waals surface area contributed by atoms with Crippen LogP contribution in [0.15, 0.2) is 18.2 Å². The molecule has 0 bridgehead atoms. The maximum atomic E-state index is 13.0. The summed E-state index contributed by atoms with van der Waals surface area (Å²) in [5.41, 5.74) is 2.04. The standard InChI is InChI=1S/C18H25N3O4S2/c1-4-13-7-5-9-15-17(13)19-18(26-15)21(11-14-8-6-10-25-14)16(22)12-20(2)27(3,23)24/h5,7,9,14H,4,6,8,10-12H2,1-3H3. The average Bonchev–Trinajstić information content (AvgIpc) is 3.27. The molecule has 1 aliphatic rings. The Morgan fingerprint density at radius 1 is 1.41 bits per heavy atom. The average molecular weight is 412 g/mol. The highest BCUT2D eigenvalue weighted by Crippen LogP contribution is 2.32. The number of carbonyl (C=O) groups is 1. The largest absolute Gasteiger partial charge is 0.376 e. The van der Waals surface area contributed by atoms with Crippen molar-refractivity contribution in [2.24, 2.45) is 0 Å². The van der Waals surface area contributed by atoms with Crippen LogP contribution in [0.3, 0.4) is 0 Å². The predicted molar refractivity (Wildman–Crippen MR) is 108 cm³/mol. The molecule has 9 heteroatoms. The van der Waals surface area contributed by atoms with Crippen LogP contribution in [0.25, 0.3) is 10.2 Å². The molecule has 27 heavy (non-hydrogen) atoms. The number of aryl methyl sites for hydroxylation is 1. The predicted octanol–water partition coefficient (Wildman–Crippen LogP) is 2.26. The molecule has 1 aromatic carbocycles. The Labute approximate surface area is 164 Å². The second kappa shape index (κ2) is 8.22. The van der Waals surface area contributed by atoms with Gasteiger partial charge in [0.2, 0.25) is 15.9 Å². The maximum Gasteiger partial charge on any atom is 0.244 e. The molecule has 7 nitrogen and oxygen atoms in total. The van der Waals surface area contributed by atoms with Crippen LogP contribution in [-0.4, -0.2) is 62.7 Å². The van der Waals surface area contributed by atoms with Crippen LogP contribution in [-0.2, 0) is 26.0 Å². The topological polar surface area (TPSA) is 79.8 Å². The van der Waals surface area contributed by atoms with Crippen LogP contribution in [0.5, 0.6) is 0 Å². The number of ether oxygens (including phenoxy) is 1. The first-order valence-electron chi connectivity index (χ1n) is 9.01. The number of fused-ring (bicyclic) bond motifs is 1. The summed E-state index contributed by atoms with van der Waals surface area (Å²) in [7, 11) is -2.03. The quantitative estimate of drug-likeness (QED) is 0.698. The Morgan fingerprint density at radius 3 is 2.81 bits per heavy atom. The zero-order valence-corrected chi connectivity index (χ0v) is 17.5. The summed E-state index contributed by atoms with van der Waals surface area (Å²) in [6, 6.07) is 6.02. The van der Waals surface area contributed by atoms with Crippen LogP contribution in [0.2, 0.25) is 0 Å². The second-order valence-electron chi connectivity index (χ2n) is 6.77. The van der Waals surface area contributed by atoms with Gasteiger partial charge in [-0.25, -0.2) is 13.4 Å². The third-order valence-electron chi connectivity index (χ3n) is 4.74. The number of carbonyl (C=O) groups excluding carboxylic acids is 1. The summed E-state index contributed by atoms with van der Waals surface area (Å²) < 4.78 is 31.2. The zero-order valence-electron chi connectivity index (χ0n) is 15.8. The number of para-hydroxylation sites is 1. The number of nitrogens with zero attached hydrogens (tertiary/aromatic N) is 3. The van der Waals surface area contributed by atoms with Crippen molar-refractivity contribution < 1.29 is 17.9 Å². The molecule has 0 aliphatic carbocycles. The van der Waals surface area contributed by atoms with Gasteiger partial charge in [0.15, 0.2) is 5.13 Å². The molecule has 2 heterocycles. The second-order valence-corrected chi connectivity index (χ2v) is 9.87. The first-order chi connectivity index (χ1) is 12.8. The molecule has 1 fully saturated rings. The van der Waals surface area contributed by atoms with Gasteiger partial charge in [-0.3, -0.25) is 9.69 Å². The van der Waals surface area contributed by atoms with Crippen LogP contribution < -0.4 is 4.90 Å². The third kappa shape index (κ3) is 4.66. The molecule has 0 radical (unpaired) electrons. The van der Waals surface area contributed by atoms with E-state index in [1.165, 1.54) is 18.4 Å². The van der Waals surface area contributed by atoms with E-state index in [0.29, 0.717) is 18.3 Å². The van der Waals surface area contributed by atoms with Gasteiger partial charge in [0, 0.05) is 13.7 Å². The van der Waals surface area contributed by atoms with Crippen molar-refractivity contribution in [3.63, 3.8) is 0 Å². The number of likely N-dealkylation sites (N-methyl/N-ethyl adjacent to an activating group) is 1. The SMILES string of the molecule is CCc1cccc2sc(N(CC3CCCO3)C(=O)CN(C)S(C)(=O)=O)nc12. The Morgan fingerprint density at radius 2 is 2.19 bits per heavy atom. The number of benzene rings is 1. The van der Waals surface area contributed by atoms with Crippen molar-refractivity contribution in [2.45, 2.75) is 32.3 Å². The van der Waals surface area contributed by atoms with Gasteiger partial charge in [0.25, 0.3) is 0 Å². The van der Waals surface area contributed by atoms with Crippen LogP contribution in [0.1, 0.15) is 25.3 Å². The lowest BCUT2D eigenvalue weighted by molar-refractivity contribution is -0.119. The number of rotatable bonds is 7. The van der Waals surface area contributed by atoms with Crippen LogP contribution >= 0.6 is 11.3 Å². The number of thiazole rings is 1. The molecule has 1 aliphatic heterocycles. The smallest absolute Gasteiger partial charge is 0.244 e. The van der Waals surface area contributed by atoms with E-state index in [9.17, 15) is 13.2 Å². The summed E-state index contributed by atoms with van der Waals surface area (Å²) in [5.74, 6) is -0.296. The molecule has 1 aromatic heterocycles. The van der Waals surface area contributed by atoms with Gasteiger partial charge in [0.1, 0.15) is 0 Å². The van der Waals surface area contributed by atoms with Gasteiger partial charge < -0.3 is 4.74 Å². The molecular formula is C18H25N3O4S2. The molecule has 1 unspecified atom stereocenters. The minimum atomic E-state index is -3.44. The van der Waals surface area contributed by atoms with E-state index in [2.05, 4.69) is 6.92 Å². The van der Waals surface area contributed by atoms with E-state index in [1.54, 1.807) is 4.90 Å². The third-order valence-corrected chi connectivity index (χ3v) is 7.04. The fourth-order valence-corrected chi connectivity index (χ4v) is 4.45. The number of aromatic nitrogens is 1. The monoisotopic (exact) mass is 411 g/mol. The number of sulfonamides is 1. The number of anilines is 1. The lowest BCUT2D eigenvalue weighted by Crippen LogP contribution is -2.44.